The van der Waals surface area contributed by atoms with Gasteiger partial charge in [-0.05, 0) is 50.1 Å². The van der Waals surface area contributed by atoms with Crippen LogP contribution in [0.2, 0.25) is 0 Å². The molecule has 0 spiro atoms. The Bertz CT molecular complexity index is 269. The first-order valence-corrected chi connectivity index (χ1v) is 6.40. The smallest absolute Gasteiger partial charge is 0.117 e. The summed E-state index contributed by atoms with van der Waals surface area (Å²) in [6, 6.07) is 4.84. The molecular formula is C12H19NOS. The molecule has 2 rings (SSSR count). The molecule has 2 nitrogen and oxygen atoms in total. The van der Waals surface area contributed by atoms with E-state index in [1.165, 1.54) is 32.2 Å². The van der Waals surface area contributed by atoms with Gasteiger partial charge in [0.2, 0.25) is 0 Å². The first-order chi connectivity index (χ1) is 7.40. The maximum Gasteiger partial charge on any atom is 0.117 e. The average molecular weight is 225 g/mol. The number of thiol groups is 1. The molecule has 1 heterocycles. The van der Waals surface area contributed by atoms with Crippen LogP contribution >= 0.6 is 12.6 Å². The van der Waals surface area contributed by atoms with E-state index in [-0.39, 0.29) is 0 Å². The Labute approximate surface area is 97.1 Å². The molecule has 1 aliphatic rings. The quantitative estimate of drug-likeness (QED) is 0.567. The van der Waals surface area contributed by atoms with Crippen LogP contribution < -0.4 is 0 Å². The maximum atomic E-state index is 5.39. The zero-order valence-corrected chi connectivity index (χ0v) is 9.96. The number of furan rings is 1. The van der Waals surface area contributed by atoms with Crippen molar-refractivity contribution in [3.8, 4) is 0 Å². The van der Waals surface area contributed by atoms with Crippen molar-refractivity contribution in [2.45, 2.75) is 38.3 Å². The molecule has 0 radical (unpaired) electrons. The highest BCUT2D eigenvalue weighted by atomic mass is 32.1. The zero-order chi connectivity index (χ0) is 10.5. The predicted molar refractivity (Wildman–Crippen MR) is 65.2 cm³/mol. The Hall–Kier alpha value is -0.410. The Balaban J connectivity index is 1.78. The molecule has 0 saturated heterocycles. The molecule has 84 valence electrons. The van der Waals surface area contributed by atoms with Crippen LogP contribution in [0.5, 0.6) is 0 Å². The van der Waals surface area contributed by atoms with Gasteiger partial charge in [0.1, 0.15) is 5.76 Å². The summed E-state index contributed by atoms with van der Waals surface area (Å²) in [5.41, 5.74) is 0. The molecule has 1 saturated carbocycles. The molecular weight excluding hydrogens is 206 g/mol. The van der Waals surface area contributed by atoms with Crippen molar-refractivity contribution < 1.29 is 4.42 Å². The molecule has 1 aliphatic carbocycles. The summed E-state index contributed by atoms with van der Waals surface area (Å²) < 4.78 is 5.39. The van der Waals surface area contributed by atoms with Gasteiger partial charge in [0.15, 0.2) is 0 Å². The minimum absolute atomic E-state index is 0.815. The third-order valence-electron chi connectivity index (χ3n) is 2.86. The van der Waals surface area contributed by atoms with Crippen molar-refractivity contribution in [3.05, 3.63) is 24.2 Å². The van der Waals surface area contributed by atoms with E-state index < -0.39 is 0 Å². The molecule has 0 unspecified atom stereocenters. The van der Waals surface area contributed by atoms with Gasteiger partial charge in [0, 0.05) is 6.04 Å². The lowest BCUT2D eigenvalue weighted by Crippen LogP contribution is -2.26. The average Bonchev–Trinajstić information content (AvgIpc) is 2.97. The Morgan fingerprint density at radius 1 is 1.40 bits per heavy atom. The SMILES string of the molecule is SCCCCN(Cc1ccco1)C1CC1. The molecule has 15 heavy (non-hydrogen) atoms. The number of hydrogen-bond acceptors (Lipinski definition) is 3. The summed E-state index contributed by atoms with van der Waals surface area (Å²) in [6.07, 6.45) is 6.95. The third kappa shape index (κ3) is 3.58. The molecule has 0 aliphatic heterocycles. The lowest BCUT2D eigenvalue weighted by Gasteiger charge is -2.20. The second-order valence-corrected chi connectivity index (χ2v) is 4.66. The first-order valence-electron chi connectivity index (χ1n) is 5.77. The largest absolute Gasteiger partial charge is 0.468 e. The van der Waals surface area contributed by atoms with Gasteiger partial charge in [0.25, 0.3) is 0 Å². The second kappa shape index (κ2) is 5.61. The highest BCUT2D eigenvalue weighted by molar-refractivity contribution is 7.80. The van der Waals surface area contributed by atoms with Crippen LogP contribution in [0.25, 0.3) is 0 Å². The fraction of sp³-hybridized carbons (Fsp3) is 0.667. The Morgan fingerprint density at radius 3 is 2.87 bits per heavy atom. The van der Waals surface area contributed by atoms with Gasteiger partial charge in [-0.25, -0.2) is 0 Å². The van der Waals surface area contributed by atoms with Crippen LogP contribution in [0.1, 0.15) is 31.4 Å². The van der Waals surface area contributed by atoms with Gasteiger partial charge >= 0.3 is 0 Å². The minimum Gasteiger partial charge on any atom is -0.468 e. The van der Waals surface area contributed by atoms with Crippen molar-refractivity contribution in [1.82, 2.24) is 4.90 Å². The van der Waals surface area contributed by atoms with Gasteiger partial charge in [-0.2, -0.15) is 12.6 Å². The minimum atomic E-state index is 0.815. The van der Waals surface area contributed by atoms with Gasteiger partial charge in [0.05, 0.1) is 12.8 Å². The van der Waals surface area contributed by atoms with E-state index in [9.17, 15) is 0 Å². The van der Waals surface area contributed by atoms with E-state index in [0.29, 0.717) is 0 Å². The summed E-state index contributed by atoms with van der Waals surface area (Å²) in [5, 5.41) is 0. The third-order valence-corrected chi connectivity index (χ3v) is 3.17. The number of hydrogen-bond donors (Lipinski definition) is 1. The van der Waals surface area contributed by atoms with Crippen LogP contribution in [-0.4, -0.2) is 23.2 Å². The Morgan fingerprint density at radius 2 is 2.27 bits per heavy atom. The summed E-state index contributed by atoms with van der Waals surface area (Å²) in [4.78, 5) is 2.54. The van der Waals surface area contributed by atoms with E-state index in [4.69, 9.17) is 4.42 Å². The van der Waals surface area contributed by atoms with Crippen molar-refractivity contribution in [3.63, 3.8) is 0 Å². The number of rotatable bonds is 7. The highest BCUT2D eigenvalue weighted by Crippen LogP contribution is 2.28. The number of nitrogens with zero attached hydrogens (tertiary/aromatic N) is 1. The summed E-state index contributed by atoms with van der Waals surface area (Å²) in [5.74, 6) is 2.09. The van der Waals surface area contributed by atoms with Crippen molar-refractivity contribution in [1.29, 1.82) is 0 Å². The molecule has 0 bridgehead atoms. The van der Waals surface area contributed by atoms with Crippen molar-refractivity contribution >= 4 is 12.6 Å². The lowest BCUT2D eigenvalue weighted by molar-refractivity contribution is 0.230. The van der Waals surface area contributed by atoms with Gasteiger partial charge in [-0.1, -0.05) is 0 Å². The fourth-order valence-corrected chi connectivity index (χ4v) is 2.08. The van der Waals surface area contributed by atoms with Crippen LogP contribution in [0.4, 0.5) is 0 Å². The summed E-state index contributed by atoms with van der Waals surface area (Å²) >= 11 is 4.24. The normalized spacial score (nSPS) is 16.1. The number of unbranched alkanes of at least 4 members (excludes halogenated alkanes) is 1. The molecule has 0 atom stereocenters. The van der Waals surface area contributed by atoms with E-state index >= 15 is 0 Å². The van der Waals surface area contributed by atoms with Crippen LogP contribution in [0.15, 0.2) is 22.8 Å². The van der Waals surface area contributed by atoms with E-state index in [1.54, 1.807) is 6.26 Å². The van der Waals surface area contributed by atoms with Crippen LogP contribution in [0.3, 0.4) is 0 Å². The highest BCUT2D eigenvalue weighted by Gasteiger charge is 2.28. The summed E-state index contributed by atoms with van der Waals surface area (Å²) in [7, 11) is 0. The van der Waals surface area contributed by atoms with E-state index in [0.717, 1.165) is 24.1 Å². The molecule has 1 aromatic rings. The zero-order valence-electron chi connectivity index (χ0n) is 9.06. The molecule has 0 aromatic carbocycles. The molecule has 1 aromatic heterocycles. The first kappa shape index (κ1) is 11.1. The van der Waals surface area contributed by atoms with Gasteiger partial charge in [-0.15, -0.1) is 0 Å². The standard InChI is InChI=1S/C12H19NOS/c15-9-2-1-7-13(11-5-6-11)10-12-4-3-8-14-12/h3-4,8,11,15H,1-2,5-7,9-10H2. The topological polar surface area (TPSA) is 16.4 Å². The van der Waals surface area contributed by atoms with E-state index in [2.05, 4.69) is 23.6 Å². The predicted octanol–water partition coefficient (Wildman–Crippen LogP) is 2.95. The van der Waals surface area contributed by atoms with Gasteiger partial charge < -0.3 is 4.42 Å². The molecule has 3 heteroatoms. The summed E-state index contributed by atoms with van der Waals surface area (Å²) in [6.45, 7) is 2.16. The van der Waals surface area contributed by atoms with Crippen LogP contribution in [-0.2, 0) is 6.54 Å². The molecule has 0 amide bonds. The van der Waals surface area contributed by atoms with E-state index in [1.807, 2.05) is 6.07 Å². The van der Waals surface area contributed by atoms with Crippen molar-refractivity contribution in [2.24, 2.45) is 0 Å². The fourth-order valence-electron chi connectivity index (χ4n) is 1.86. The Kier molecular flexibility index (Phi) is 4.15. The maximum absolute atomic E-state index is 5.39. The monoisotopic (exact) mass is 225 g/mol. The lowest BCUT2D eigenvalue weighted by atomic mass is 10.3. The molecule has 0 N–H and O–H groups in total. The van der Waals surface area contributed by atoms with Crippen molar-refractivity contribution in [2.75, 3.05) is 12.3 Å². The van der Waals surface area contributed by atoms with Crippen LogP contribution in [0, 0.1) is 0 Å². The van der Waals surface area contributed by atoms with Gasteiger partial charge in [-0.3, -0.25) is 4.90 Å². The molecule has 1 fully saturated rings. The second-order valence-electron chi connectivity index (χ2n) is 4.21.